The highest BCUT2D eigenvalue weighted by atomic mass is 19.1. The largest absolute Gasteiger partial charge is 0.311 e. The third kappa shape index (κ3) is 5.24. The molecule has 0 aliphatic carbocycles. The molecule has 2 aliphatic rings. The fourth-order valence-corrected chi connectivity index (χ4v) is 7.52. The molecular weight excluding hydrogens is 605 g/mol. The molecule has 5 heteroatoms. The highest BCUT2D eigenvalue weighted by Crippen LogP contribution is 2.46. The molecule has 0 unspecified atom stereocenters. The summed E-state index contributed by atoms with van der Waals surface area (Å²) in [6.45, 7) is 13.3. The third-order valence-electron chi connectivity index (χ3n) is 10.0. The van der Waals surface area contributed by atoms with Crippen LogP contribution in [-0.2, 0) is 10.8 Å². The van der Waals surface area contributed by atoms with Crippen molar-refractivity contribution >= 4 is 57.2 Å². The summed E-state index contributed by atoms with van der Waals surface area (Å²) in [6.07, 6.45) is 0. The van der Waals surface area contributed by atoms with Gasteiger partial charge in [-0.15, -0.1) is 0 Å². The number of anilines is 6. The fraction of sp³-hybridized carbons (Fsp3) is 0.182. The molecule has 0 bridgehead atoms. The maximum absolute atomic E-state index is 15.1. The van der Waals surface area contributed by atoms with E-state index in [0.717, 1.165) is 50.7 Å². The van der Waals surface area contributed by atoms with E-state index in [4.69, 9.17) is 0 Å². The van der Waals surface area contributed by atoms with Crippen molar-refractivity contribution in [1.82, 2.24) is 0 Å². The van der Waals surface area contributed by atoms with Crippen molar-refractivity contribution < 1.29 is 8.78 Å². The lowest BCUT2D eigenvalue weighted by Crippen LogP contribution is -2.61. The van der Waals surface area contributed by atoms with Gasteiger partial charge >= 0.3 is 0 Å². The molecule has 0 saturated carbocycles. The lowest BCUT2D eigenvalue weighted by Gasteiger charge is -2.45. The monoisotopic (exact) mass is 644 g/mol. The van der Waals surface area contributed by atoms with Crippen molar-refractivity contribution in [2.24, 2.45) is 0 Å². The summed E-state index contributed by atoms with van der Waals surface area (Å²) in [7, 11) is 0. The predicted octanol–water partition coefficient (Wildman–Crippen LogP) is 10.3. The number of fused-ring (bicyclic) bond motifs is 4. The van der Waals surface area contributed by atoms with E-state index in [1.165, 1.54) is 34.2 Å². The summed E-state index contributed by atoms with van der Waals surface area (Å²) in [5.74, 6) is -0.579. The SMILES string of the molecule is CC(C)(C)c1ccc2c(c1)B1c3cc(C(C)(C)C)ccc3N(c3cccc(F)c3)c3cc(-c4ccccc4)cc(c31)N2c1cccc(F)c1. The minimum Gasteiger partial charge on any atom is -0.311 e. The van der Waals surface area contributed by atoms with Gasteiger partial charge in [0, 0.05) is 34.1 Å². The van der Waals surface area contributed by atoms with Crippen molar-refractivity contribution in [3.05, 3.63) is 150 Å². The van der Waals surface area contributed by atoms with Crippen LogP contribution in [0.4, 0.5) is 42.9 Å². The van der Waals surface area contributed by atoms with Crippen LogP contribution < -0.4 is 26.2 Å². The first-order valence-electron chi connectivity index (χ1n) is 17.0. The smallest absolute Gasteiger partial charge is 0.252 e. The molecule has 2 heterocycles. The highest BCUT2D eigenvalue weighted by Gasteiger charge is 2.44. The number of benzene rings is 6. The Morgan fingerprint density at radius 3 is 1.35 bits per heavy atom. The Hall–Kier alpha value is -5.16. The van der Waals surface area contributed by atoms with Gasteiger partial charge < -0.3 is 9.80 Å². The van der Waals surface area contributed by atoms with Crippen molar-refractivity contribution in [1.29, 1.82) is 0 Å². The van der Waals surface area contributed by atoms with E-state index in [0.29, 0.717) is 0 Å². The molecule has 2 aliphatic heterocycles. The molecule has 2 nitrogen and oxygen atoms in total. The van der Waals surface area contributed by atoms with Crippen LogP contribution in [0.25, 0.3) is 11.1 Å². The van der Waals surface area contributed by atoms with Gasteiger partial charge in [-0.25, -0.2) is 8.78 Å². The van der Waals surface area contributed by atoms with Gasteiger partial charge in [0.2, 0.25) is 0 Å². The molecule has 6 aromatic rings. The van der Waals surface area contributed by atoms with E-state index in [-0.39, 0.29) is 29.2 Å². The Kier molecular flexibility index (Phi) is 7.12. The predicted molar refractivity (Wildman–Crippen MR) is 203 cm³/mol. The Labute approximate surface area is 288 Å². The van der Waals surface area contributed by atoms with Crippen LogP contribution in [0.5, 0.6) is 0 Å². The van der Waals surface area contributed by atoms with Crippen molar-refractivity contribution in [3.8, 4) is 11.1 Å². The summed E-state index contributed by atoms with van der Waals surface area (Å²) in [6, 6.07) is 42.1. The molecule has 0 radical (unpaired) electrons. The lowest BCUT2D eigenvalue weighted by molar-refractivity contribution is 0.590. The molecule has 0 N–H and O–H groups in total. The Bertz CT molecular complexity index is 2110. The summed E-state index contributed by atoms with van der Waals surface area (Å²) < 4.78 is 30.2. The normalized spacial score (nSPS) is 13.6. The number of hydrogen-bond donors (Lipinski definition) is 0. The van der Waals surface area contributed by atoms with Crippen LogP contribution in [-0.4, -0.2) is 6.71 Å². The van der Waals surface area contributed by atoms with E-state index in [1.54, 1.807) is 24.3 Å². The van der Waals surface area contributed by atoms with E-state index >= 15 is 8.78 Å². The second kappa shape index (κ2) is 11.2. The number of nitrogens with zero attached hydrogens (tertiary/aromatic N) is 2. The zero-order valence-corrected chi connectivity index (χ0v) is 28.9. The molecule has 242 valence electrons. The molecule has 0 amide bonds. The number of rotatable bonds is 3. The van der Waals surface area contributed by atoms with Gasteiger partial charge in [0.05, 0.1) is 0 Å². The van der Waals surface area contributed by atoms with E-state index < -0.39 is 0 Å². The number of hydrogen-bond acceptors (Lipinski definition) is 2. The van der Waals surface area contributed by atoms with E-state index in [9.17, 15) is 0 Å². The quantitative estimate of drug-likeness (QED) is 0.177. The molecule has 0 saturated heterocycles. The van der Waals surface area contributed by atoms with E-state index in [2.05, 4.69) is 112 Å². The third-order valence-corrected chi connectivity index (χ3v) is 10.0. The lowest BCUT2D eigenvalue weighted by atomic mass is 9.33. The summed E-state index contributed by atoms with van der Waals surface area (Å²) >= 11 is 0. The average molecular weight is 645 g/mol. The minimum atomic E-state index is -0.290. The molecule has 8 rings (SSSR count). The molecule has 6 aromatic carbocycles. The zero-order chi connectivity index (χ0) is 34.2. The van der Waals surface area contributed by atoms with Crippen LogP contribution in [0.1, 0.15) is 52.7 Å². The molecule has 0 atom stereocenters. The molecule has 0 spiro atoms. The maximum atomic E-state index is 15.1. The summed E-state index contributed by atoms with van der Waals surface area (Å²) in [4.78, 5) is 4.43. The van der Waals surface area contributed by atoms with Crippen LogP contribution in [0.3, 0.4) is 0 Å². The van der Waals surface area contributed by atoms with Gasteiger partial charge in [0.25, 0.3) is 6.71 Å². The Morgan fingerprint density at radius 1 is 0.449 bits per heavy atom. The summed E-state index contributed by atoms with van der Waals surface area (Å²) in [5.41, 5.74) is 13.4. The first-order chi connectivity index (χ1) is 23.4. The van der Waals surface area contributed by atoms with Crippen molar-refractivity contribution in [2.75, 3.05) is 9.80 Å². The minimum absolute atomic E-state index is 0.0860. The van der Waals surface area contributed by atoms with Gasteiger partial charge in [-0.3, -0.25) is 0 Å². The van der Waals surface area contributed by atoms with Gasteiger partial charge in [0.15, 0.2) is 0 Å². The van der Waals surface area contributed by atoms with Crippen LogP contribution >= 0.6 is 0 Å². The van der Waals surface area contributed by atoms with Gasteiger partial charge in [-0.1, -0.05) is 108 Å². The maximum Gasteiger partial charge on any atom is 0.252 e. The van der Waals surface area contributed by atoms with Crippen molar-refractivity contribution in [3.63, 3.8) is 0 Å². The van der Waals surface area contributed by atoms with Crippen LogP contribution in [0.2, 0.25) is 0 Å². The van der Waals surface area contributed by atoms with Gasteiger partial charge in [-0.05, 0) is 110 Å². The number of halogens is 2. The molecular formula is C44H39BF2N2. The Morgan fingerprint density at radius 2 is 0.918 bits per heavy atom. The second-order valence-corrected chi connectivity index (χ2v) is 15.4. The molecule has 0 fully saturated rings. The second-order valence-electron chi connectivity index (χ2n) is 15.4. The summed E-state index contributed by atoms with van der Waals surface area (Å²) in [5, 5.41) is 0. The fourth-order valence-electron chi connectivity index (χ4n) is 7.52. The standard InChI is InChI=1S/C44H39BF2N2/c1-43(2,3)30-18-20-38-36(24-30)45-37-25-31(44(4,5)6)19-21-39(37)49(35-17-11-15-33(47)27-35)41-23-29(28-12-8-7-9-13-28)22-40(42(41)45)48(38)34-16-10-14-32(46)26-34/h7-27H,1-6H3. The first kappa shape index (κ1) is 31.1. The first-order valence-corrected chi connectivity index (χ1v) is 17.0. The highest BCUT2D eigenvalue weighted by molar-refractivity contribution is 7.00. The average Bonchev–Trinajstić information content (AvgIpc) is 3.07. The Balaban J connectivity index is 1.54. The van der Waals surface area contributed by atoms with Crippen LogP contribution in [0, 0.1) is 11.6 Å². The topological polar surface area (TPSA) is 6.48 Å². The van der Waals surface area contributed by atoms with E-state index in [1.807, 2.05) is 30.3 Å². The molecule has 49 heavy (non-hydrogen) atoms. The van der Waals surface area contributed by atoms with Gasteiger partial charge in [-0.2, -0.15) is 0 Å². The van der Waals surface area contributed by atoms with Gasteiger partial charge in [0.1, 0.15) is 11.6 Å². The van der Waals surface area contributed by atoms with Crippen molar-refractivity contribution in [2.45, 2.75) is 52.4 Å². The molecule has 0 aromatic heterocycles. The zero-order valence-electron chi connectivity index (χ0n) is 28.9. The van der Waals surface area contributed by atoms with Crippen LogP contribution in [0.15, 0.2) is 127 Å².